The molecular weight excluding hydrogens is 305 g/mol. The number of urea groups is 1. The maximum atomic E-state index is 12.8. The summed E-state index contributed by atoms with van der Waals surface area (Å²) in [6.45, 7) is 1.16. The number of hydrogen-bond donors (Lipinski definition) is 2. The molecule has 0 aliphatic carbocycles. The van der Waals surface area contributed by atoms with Crippen LogP contribution in [0.5, 0.6) is 0 Å². The van der Waals surface area contributed by atoms with Crippen molar-refractivity contribution in [3.05, 3.63) is 41.3 Å². The van der Waals surface area contributed by atoms with Gasteiger partial charge in [0.1, 0.15) is 6.26 Å². The van der Waals surface area contributed by atoms with Crippen LogP contribution in [0.2, 0.25) is 0 Å². The third-order valence-corrected chi connectivity index (χ3v) is 2.72. The van der Waals surface area contributed by atoms with Gasteiger partial charge in [-0.2, -0.15) is 13.2 Å². The molecule has 6 nitrogen and oxygen atoms in total. The fourth-order valence-electron chi connectivity index (χ4n) is 1.69. The van der Waals surface area contributed by atoms with E-state index in [1.54, 1.807) is 0 Å². The summed E-state index contributed by atoms with van der Waals surface area (Å²) in [5, 5.41) is 4.04. The number of aryl methyl sites for hydroxylation is 1. The highest BCUT2D eigenvalue weighted by molar-refractivity contribution is 6.06. The van der Waals surface area contributed by atoms with Crippen molar-refractivity contribution in [3.63, 3.8) is 0 Å². The van der Waals surface area contributed by atoms with Crippen LogP contribution in [-0.4, -0.2) is 18.7 Å². The molecule has 1 aliphatic rings. The van der Waals surface area contributed by atoms with Crippen molar-refractivity contribution < 1.29 is 32.2 Å². The number of ether oxygens (including phenoxy) is 2. The molecule has 1 aromatic rings. The van der Waals surface area contributed by atoms with E-state index in [9.17, 15) is 22.8 Å². The van der Waals surface area contributed by atoms with E-state index in [2.05, 4.69) is 10.1 Å². The lowest BCUT2D eigenvalue weighted by molar-refractivity contribution is -0.138. The largest absolute Gasteiger partial charge is 0.461 e. The highest BCUT2D eigenvalue weighted by atomic mass is 19.4. The van der Waals surface area contributed by atoms with Crippen LogP contribution in [0.4, 0.5) is 23.7 Å². The van der Waals surface area contributed by atoms with Crippen LogP contribution in [0, 0.1) is 6.92 Å². The Labute approximate surface area is 122 Å². The molecule has 1 aliphatic heterocycles. The van der Waals surface area contributed by atoms with E-state index in [0.717, 1.165) is 12.3 Å². The fraction of sp³-hybridized carbons (Fsp3) is 0.231. The summed E-state index contributed by atoms with van der Waals surface area (Å²) in [5.41, 5.74) is -0.941. The van der Waals surface area contributed by atoms with Crippen LogP contribution in [-0.2, 0) is 20.4 Å². The molecule has 2 N–H and O–H groups in total. The highest BCUT2D eigenvalue weighted by Gasteiger charge is 2.32. The van der Waals surface area contributed by atoms with Crippen LogP contribution < -0.4 is 10.6 Å². The SMILES string of the molecule is Cc1ccc(NC(=O)NC(=O)C2=COCO2)cc1C(F)(F)F. The van der Waals surface area contributed by atoms with Crippen molar-refractivity contribution >= 4 is 17.6 Å². The lowest BCUT2D eigenvalue weighted by Gasteiger charge is -2.13. The first-order valence-electron chi connectivity index (χ1n) is 6.02. The number of benzene rings is 1. The van der Waals surface area contributed by atoms with Crippen molar-refractivity contribution in [2.45, 2.75) is 13.1 Å². The predicted octanol–water partition coefficient (Wildman–Crippen LogP) is 2.51. The van der Waals surface area contributed by atoms with Gasteiger partial charge in [-0.05, 0) is 24.6 Å². The number of halogens is 3. The molecule has 3 amide bonds. The Morgan fingerprint density at radius 3 is 2.59 bits per heavy atom. The number of anilines is 1. The third-order valence-electron chi connectivity index (χ3n) is 2.72. The number of alkyl halides is 3. The number of rotatable bonds is 2. The van der Waals surface area contributed by atoms with Gasteiger partial charge in [-0.3, -0.25) is 10.1 Å². The summed E-state index contributed by atoms with van der Waals surface area (Å²) in [6, 6.07) is 2.31. The van der Waals surface area contributed by atoms with Gasteiger partial charge in [0, 0.05) is 5.69 Å². The molecule has 0 aromatic heterocycles. The lowest BCUT2D eigenvalue weighted by Crippen LogP contribution is -2.35. The van der Waals surface area contributed by atoms with Gasteiger partial charge in [-0.25, -0.2) is 4.79 Å². The van der Waals surface area contributed by atoms with Gasteiger partial charge in [0.2, 0.25) is 12.6 Å². The third kappa shape index (κ3) is 3.68. The van der Waals surface area contributed by atoms with Crippen LogP contribution in [0.25, 0.3) is 0 Å². The van der Waals surface area contributed by atoms with Gasteiger partial charge in [0.15, 0.2) is 0 Å². The van der Waals surface area contributed by atoms with Crippen LogP contribution in [0.3, 0.4) is 0 Å². The average molecular weight is 316 g/mol. The topological polar surface area (TPSA) is 76.7 Å². The van der Waals surface area contributed by atoms with Gasteiger partial charge >= 0.3 is 12.2 Å². The van der Waals surface area contributed by atoms with E-state index in [1.807, 2.05) is 5.32 Å². The minimum absolute atomic E-state index is 0.0243. The maximum Gasteiger partial charge on any atom is 0.416 e. The molecule has 9 heteroatoms. The minimum Gasteiger partial charge on any atom is -0.461 e. The van der Waals surface area contributed by atoms with E-state index < -0.39 is 23.7 Å². The van der Waals surface area contributed by atoms with Crippen molar-refractivity contribution in [1.29, 1.82) is 0 Å². The Balaban J connectivity index is 2.04. The Kier molecular flexibility index (Phi) is 4.25. The zero-order chi connectivity index (χ0) is 16.3. The number of nitrogens with one attached hydrogen (secondary N) is 2. The van der Waals surface area contributed by atoms with Crippen LogP contribution >= 0.6 is 0 Å². The van der Waals surface area contributed by atoms with Gasteiger partial charge in [-0.15, -0.1) is 0 Å². The Bertz CT molecular complexity index is 641. The second-order valence-corrected chi connectivity index (χ2v) is 4.35. The van der Waals surface area contributed by atoms with Gasteiger partial charge in [0.05, 0.1) is 5.56 Å². The first kappa shape index (κ1) is 15.7. The van der Waals surface area contributed by atoms with E-state index in [4.69, 9.17) is 4.74 Å². The molecule has 0 spiro atoms. The maximum absolute atomic E-state index is 12.8. The Hall–Kier alpha value is -2.71. The first-order chi connectivity index (χ1) is 10.3. The second-order valence-electron chi connectivity index (χ2n) is 4.35. The van der Waals surface area contributed by atoms with E-state index in [0.29, 0.717) is 0 Å². The summed E-state index contributed by atoms with van der Waals surface area (Å²) in [7, 11) is 0. The quantitative estimate of drug-likeness (QED) is 0.879. The van der Waals surface area contributed by atoms with Gasteiger partial charge < -0.3 is 14.8 Å². The van der Waals surface area contributed by atoms with Crippen LogP contribution in [0.1, 0.15) is 11.1 Å². The second kappa shape index (κ2) is 5.96. The van der Waals surface area contributed by atoms with Crippen molar-refractivity contribution in [1.82, 2.24) is 5.32 Å². The molecule has 22 heavy (non-hydrogen) atoms. The molecule has 0 saturated heterocycles. The van der Waals surface area contributed by atoms with Crippen molar-refractivity contribution in [3.8, 4) is 0 Å². The van der Waals surface area contributed by atoms with E-state index in [-0.39, 0.29) is 23.8 Å². The molecule has 0 radical (unpaired) electrons. The molecule has 1 heterocycles. The van der Waals surface area contributed by atoms with Gasteiger partial charge in [0.25, 0.3) is 5.91 Å². The average Bonchev–Trinajstić information content (AvgIpc) is 2.93. The predicted molar refractivity (Wildman–Crippen MR) is 68.5 cm³/mol. The molecule has 2 rings (SSSR count). The Morgan fingerprint density at radius 1 is 1.27 bits per heavy atom. The van der Waals surface area contributed by atoms with E-state index >= 15 is 0 Å². The summed E-state index contributed by atoms with van der Waals surface area (Å²) >= 11 is 0. The summed E-state index contributed by atoms with van der Waals surface area (Å²) < 4.78 is 47.7. The van der Waals surface area contributed by atoms with Crippen molar-refractivity contribution in [2.75, 3.05) is 12.1 Å². The summed E-state index contributed by atoms with van der Waals surface area (Å²) in [5.74, 6) is -1.06. The highest BCUT2D eigenvalue weighted by Crippen LogP contribution is 2.33. The fourth-order valence-corrected chi connectivity index (χ4v) is 1.69. The smallest absolute Gasteiger partial charge is 0.416 e. The molecule has 0 unspecified atom stereocenters. The molecule has 1 aromatic carbocycles. The Morgan fingerprint density at radius 2 is 2.00 bits per heavy atom. The molecule has 118 valence electrons. The minimum atomic E-state index is -4.53. The molecule has 0 fully saturated rings. The number of hydrogen-bond acceptors (Lipinski definition) is 4. The van der Waals surface area contributed by atoms with Crippen LogP contribution in [0.15, 0.2) is 30.2 Å². The van der Waals surface area contributed by atoms with Gasteiger partial charge in [-0.1, -0.05) is 6.07 Å². The zero-order valence-electron chi connectivity index (χ0n) is 11.3. The standard InChI is InChI=1S/C13H11F3N2O4/c1-7-2-3-8(4-9(7)13(14,15)16)17-12(20)18-11(19)10-5-21-6-22-10/h2-5H,6H2,1H3,(H2,17,18,19,20). The molecule has 0 atom stereocenters. The monoisotopic (exact) mass is 316 g/mol. The summed E-state index contributed by atoms with van der Waals surface area (Å²) in [4.78, 5) is 23.1. The number of carbonyl (C=O) groups excluding carboxylic acids is 2. The number of carbonyl (C=O) groups is 2. The molecule has 0 bridgehead atoms. The van der Waals surface area contributed by atoms with E-state index in [1.165, 1.54) is 19.1 Å². The summed E-state index contributed by atoms with van der Waals surface area (Å²) in [6.07, 6.45) is -3.51. The zero-order valence-corrected chi connectivity index (χ0v) is 11.3. The number of amides is 3. The molecule has 0 saturated carbocycles. The van der Waals surface area contributed by atoms with Crippen molar-refractivity contribution in [2.24, 2.45) is 0 Å². The normalized spacial score (nSPS) is 13.7. The lowest BCUT2D eigenvalue weighted by atomic mass is 10.1. The molecular formula is C13H11F3N2O4. The number of imide groups is 1. The first-order valence-corrected chi connectivity index (χ1v) is 6.02.